The largest absolute Gasteiger partial charge is 0.496 e. The minimum Gasteiger partial charge on any atom is -0.496 e. The van der Waals surface area contributed by atoms with Crippen molar-refractivity contribution >= 4 is 11.6 Å². The minimum atomic E-state index is -0.620. The van der Waals surface area contributed by atoms with Crippen molar-refractivity contribution in [2.45, 2.75) is 19.3 Å². The fourth-order valence-corrected chi connectivity index (χ4v) is 2.62. The van der Waals surface area contributed by atoms with Crippen LogP contribution in [-0.4, -0.2) is 28.5 Å². The number of methoxy groups -OCH3 is 1. The van der Waals surface area contributed by atoms with Crippen LogP contribution in [0.2, 0.25) is 0 Å². The zero-order valence-corrected chi connectivity index (χ0v) is 14.0. The zero-order valence-electron chi connectivity index (χ0n) is 14.0. The number of aryl methyl sites for hydroxylation is 1. The Morgan fingerprint density at radius 3 is 2.68 bits per heavy atom. The molecule has 0 unspecified atom stereocenters. The van der Waals surface area contributed by atoms with Crippen LogP contribution in [0.4, 0.5) is 5.69 Å². The second kappa shape index (κ2) is 7.57. The molecule has 2 aromatic carbocycles. The third-order valence-corrected chi connectivity index (χ3v) is 3.98. The summed E-state index contributed by atoms with van der Waals surface area (Å²) < 4.78 is 5.38. The van der Waals surface area contributed by atoms with Crippen LogP contribution in [0, 0.1) is 6.92 Å². The maximum absolute atomic E-state index is 12.9. The third-order valence-electron chi connectivity index (χ3n) is 3.98. The lowest BCUT2D eigenvalue weighted by Crippen LogP contribution is -2.25. The first-order chi connectivity index (χ1) is 12.2. The maximum atomic E-state index is 12.9. The number of nitrogens with one attached hydrogen (secondary N) is 1. The number of benzene rings is 2. The minimum absolute atomic E-state index is 0.213. The predicted octanol–water partition coefficient (Wildman–Crippen LogP) is 2.11. The van der Waals surface area contributed by atoms with Gasteiger partial charge in [0.25, 0.3) is 0 Å². The number of aromatic nitrogens is 4. The van der Waals surface area contributed by atoms with E-state index in [-0.39, 0.29) is 11.7 Å². The topological polar surface area (TPSA) is 91.1 Å². The molecule has 0 fully saturated rings. The van der Waals surface area contributed by atoms with Gasteiger partial charge in [0.1, 0.15) is 5.75 Å². The molecule has 3 aromatic rings. The van der Waals surface area contributed by atoms with Crippen molar-refractivity contribution in [1.29, 1.82) is 0 Å². The molecule has 0 aliphatic carbocycles. The first-order valence-electron chi connectivity index (χ1n) is 7.86. The van der Waals surface area contributed by atoms with Crippen molar-refractivity contribution in [2.24, 2.45) is 0 Å². The van der Waals surface area contributed by atoms with Crippen LogP contribution >= 0.6 is 0 Å². The number of hydrogen-bond acceptors (Lipinski definition) is 5. The molecule has 128 valence electrons. The molecule has 0 aliphatic heterocycles. The molecular weight excluding hydrogens is 318 g/mol. The predicted molar refractivity (Wildman–Crippen MR) is 92.4 cm³/mol. The van der Waals surface area contributed by atoms with Gasteiger partial charge in [-0.25, -0.2) is 0 Å². The first kappa shape index (κ1) is 16.6. The highest BCUT2D eigenvalue weighted by Gasteiger charge is 2.23. The molecular formula is C18H18N5O2-. The first-order valence-corrected chi connectivity index (χ1v) is 7.86. The second-order valence-corrected chi connectivity index (χ2v) is 5.61. The van der Waals surface area contributed by atoms with E-state index in [2.05, 4.69) is 25.9 Å². The van der Waals surface area contributed by atoms with E-state index in [9.17, 15) is 4.79 Å². The normalized spacial score (nSPS) is 11.8. The lowest BCUT2D eigenvalue weighted by atomic mass is 9.96. The van der Waals surface area contributed by atoms with Gasteiger partial charge in [-0.1, -0.05) is 36.4 Å². The Kier molecular flexibility index (Phi) is 5.03. The number of hydrogen-bond donors (Lipinski definition) is 1. The summed E-state index contributed by atoms with van der Waals surface area (Å²) in [5.74, 6) is 0.168. The van der Waals surface area contributed by atoms with Gasteiger partial charge in [-0.15, -0.1) is 0 Å². The van der Waals surface area contributed by atoms with Gasteiger partial charge in [0.2, 0.25) is 5.91 Å². The smallest absolute Gasteiger partial charge is 0.232 e. The van der Waals surface area contributed by atoms with Crippen LogP contribution in [-0.2, 0) is 11.2 Å². The second-order valence-electron chi connectivity index (χ2n) is 5.61. The fourth-order valence-electron chi connectivity index (χ4n) is 2.62. The quantitative estimate of drug-likeness (QED) is 0.741. The van der Waals surface area contributed by atoms with E-state index >= 15 is 0 Å². The molecule has 0 spiro atoms. The van der Waals surface area contributed by atoms with Gasteiger partial charge < -0.3 is 15.2 Å². The van der Waals surface area contributed by atoms with E-state index in [1.165, 1.54) is 0 Å². The van der Waals surface area contributed by atoms with Crippen molar-refractivity contribution in [2.75, 3.05) is 12.4 Å². The van der Waals surface area contributed by atoms with Crippen molar-refractivity contribution in [1.82, 2.24) is 20.6 Å². The SMILES string of the molecule is COc1ccccc1C[C@H](C(=O)Nc1ccccc1C)c1nnn[n-]1. The summed E-state index contributed by atoms with van der Waals surface area (Å²) in [5.41, 5.74) is 2.62. The Balaban J connectivity index is 1.88. The fraction of sp³-hybridized carbons (Fsp3) is 0.222. The Bertz CT molecular complexity index is 848. The number of tetrazole rings is 1. The molecule has 1 heterocycles. The van der Waals surface area contributed by atoms with E-state index in [1.54, 1.807) is 7.11 Å². The van der Waals surface area contributed by atoms with Gasteiger partial charge in [-0.2, -0.15) is 5.21 Å². The van der Waals surface area contributed by atoms with Crippen LogP contribution in [0.15, 0.2) is 48.5 Å². The highest BCUT2D eigenvalue weighted by atomic mass is 16.5. The average Bonchev–Trinajstić information content (AvgIpc) is 3.16. The molecule has 0 radical (unpaired) electrons. The molecule has 0 bridgehead atoms. The van der Waals surface area contributed by atoms with Gasteiger partial charge in [0, 0.05) is 11.5 Å². The highest BCUT2D eigenvalue weighted by molar-refractivity contribution is 5.96. The van der Waals surface area contributed by atoms with Gasteiger partial charge >= 0.3 is 0 Å². The molecule has 1 aromatic heterocycles. The average molecular weight is 336 g/mol. The van der Waals surface area contributed by atoms with Crippen LogP contribution in [0.1, 0.15) is 22.9 Å². The Morgan fingerprint density at radius 1 is 1.20 bits per heavy atom. The van der Waals surface area contributed by atoms with Gasteiger partial charge in [0.05, 0.1) is 13.0 Å². The van der Waals surface area contributed by atoms with Crippen LogP contribution < -0.4 is 15.2 Å². The monoisotopic (exact) mass is 336 g/mol. The molecule has 0 saturated heterocycles. The molecule has 7 heteroatoms. The molecule has 0 aliphatic rings. The summed E-state index contributed by atoms with van der Waals surface area (Å²) >= 11 is 0. The summed E-state index contributed by atoms with van der Waals surface area (Å²) in [5, 5.41) is 17.7. The molecule has 1 atom stereocenters. The number of carbonyl (C=O) groups is 1. The zero-order chi connectivity index (χ0) is 17.6. The number of nitrogens with zero attached hydrogens (tertiary/aromatic N) is 4. The lowest BCUT2D eigenvalue weighted by Gasteiger charge is -2.19. The molecule has 0 saturated carbocycles. The number of amides is 1. The molecule has 1 N–H and O–H groups in total. The third kappa shape index (κ3) is 3.82. The number of para-hydroxylation sites is 2. The van der Waals surface area contributed by atoms with Gasteiger partial charge in [-0.3, -0.25) is 15.1 Å². The Labute approximate surface area is 145 Å². The van der Waals surface area contributed by atoms with Crippen molar-refractivity contribution in [3.8, 4) is 5.75 Å². The van der Waals surface area contributed by atoms with E-state index in [4.69, 9.17) is 4.74 Å². The summed E-state index contributed by atoms with van der Waals surface area (Å²) in [6.07, 6.45) is 0.384. The Hall–Kier alpha value is -3.22. The van der Waals surface area contributed by atoms with E-state index in [0.717, 1.165) is 16.8 Å². The number of rotatable bonds is 6. The van der Waals surface area contributed by atoms with Crippen molar-refractivity contribution < 1.29 is 9.53 Å². The Morgan fingerprint density at radius 2 is 1.96 bits per heavy atom. The van der Waals surface area contributed by atoms with Gasteiger partial charge in [-0.05, 0) is 36.6 Å². The van der Waals surface area contributed by atoms with Crippen molar-refractivity contribution in [3.63, 3.8) is 0 Å². The van der Waals surface area contributed by atoms with E-state index in [1.807, 2.05) is 55.5 Å². The molecule has 3 rings (SSSR count). The standard InChI is InChI=1S/C18H19N5O2/c1-12-7-3-5-9-15(12)19-18(24)14(17-20-22-23-21-17)11-13-8-4-6-10-16(13)25-2/h3-10,14H,11H2,1-2H3,(H2,19,20,21,22,23,24)/p-1/t14-/m0/s1. The number of anilines is 1. The highest BCUT2D eigenvalue weighted by Crippen LogP contribution is 2.26. The van der Waals surface area contributed by atoms with Gasteiger partial charge in [0.15, 0.2) is 0 Å². The number of carbonyl (C=O) groups excluding carboxylic acids is 1. The van der Waals surface area contributed by atoms with E-state index < -0.39 is 5.92 Å². The van der Waals surface area contributed by atoms with Crippen molar-refractivity contribution in [3.05, 3.63) is 65.5 Å². The van der Waals surface area contributed by atoms with Crippen LogP contribution in [0.3, 0.4) is 0 Å². The molecule has 25 heavy (non-hydrogen) atoms. The summed E-state index contributed by atoms with van der Waals surface area (Å²) in [6, 6.07) is 15.1. The van der Waals surface area contributed by atoms with Crippen LogP contribution in [0.25, 0.3) is 0 Å². The number of ether oxygens (including phenoxy) is 1. The van der Waals surface area contributed by atoms with Crippen LogP contribution in [0.5, 0.6) is 5.75 Å². The summed E-state index contributed by atoms with van der Waals surface area (Å²) in [4.78, 5) is 12.9. The maximum Gasteiger partial charge on any atom is 0.232 e. The molecule has 1 amide bonds. The molecule has 7 nitrogen and oxygen atoms in total. The van der Waals surface area contributed by atoms with E-state index in [0.29, 0.717) is 12.2 Å². The summed E-state index contributed by atoms with van der Waals surface area (Å²) in [7, 11) is 1.60. The lowest BCUT2D eigenvalue weighted by molar-refractivity contribution is -0.117. The summed E-state index contributed by atoms with van der Waals surface area (Å²) in [6.45, 7) is 1.94.